The molecule has 0 radical (unpaired) electrons. The zero-order valence-electron chi connectivity index (χ0n) is 14.3. The average Bonchev–Trinajstić information content (AvgIpc) is 2.87. The van der Waals surface area contributed by atoms with E-state index < -0.39 is 18.9 Å². The zero-order chi connectivity index (χ0) is 18.3. The Labute approximate surface area is 140 Å². The third-order valence-electron chi connectivity index (χ3n) is 3.70. The summed E-state index contributed by atoms with van der Waals surface area (Å²) in [6, 6.07) is 0.143. The lowest BCUT2D eigenvalue weighted by molar-refractivity contribution is -0.319. The number of ether oxygens (including phenoxy) is 1. The van der Waals surface area contributed by atoms with Gasteiger partial charge in [0, 0.05) is 24.8 Å². The summed E-state index contributed by atoms with van der Waals surface area (Å²) in [6.07, 6.45) is 0.391. The molecule has 5 nitrogen and oxygen atoms in total. The molecule has 0 spiro atoms. The van der Waals surface area contributed by atoms with Crippen molar-refractivity contribution in [3.8, 4) is 0 Å². The summed E-state index contributed by atoms with van der Waals surface area (Å²) in [5, 5.41) is 9.45. The molecule has 1 atom stereocenters. The number of carboxylic acid groups (broad SMARTS) is 1. The van der Waals surface area contributed by atoms with Crippen LogP contribution in [0.3, 0.4) is 0 Å². The number of carbonyl (C=O) groups is 1. The number of allylic oxidation sites excluding steroid dienone is 1. The minimum Gasteiger partial charge on any atom is -0.478 e. The van der Waals surface area contributed by atoms with E-state index in [0.717, 1.165) is 25.5 Å². The Kier molecular flexibility index (Phi) is 7.75. The van der Waals surface area contributed by atoms with E-state index in [9.17, 15) is 23.1 Å². The Morgan fingerprint density at radius 2 is 2.04 bits per heavy atom. The Morgan fingerprint density at radius 1 is 1.38 bits per heavy atom. The second-order valence-corrected chi connectivity index (χ2v) is 5.93. The summed E-state index contributed by atoms with van der Waals surface area (Å²) in [5.74, 6) is -1.25. The van der Waals surface area contributed by atoms with Crippen LogP contribution in [0.1, 0.15) is 26.2 Å². The number of likely N-dealkylation sites (tertiary alicyclic amines) is 1. The first-order valence-corrected chi connectivity index (χ1v) is 7.91. The van der Waals surface area contributed by atoms with Gasteiger partial charge in [-0.15, -0.1) is 13.2 Å². The van der Waals surface area contributed by atoms with Gasteiger partial charge in [0.25, 0.3) is 0 Å². The maximum Gasteiger partial charge on any atom is 0.522 e. The predicted octanol–water partition coefficient (Wildman–Crippen LogP) is 2.85. The molecular weight excluding hydrogens is 325 g/mol. The number of aliphatic carboxylic acids is 1. The summed E-state index contributed by atoms with van der Waals surface area (Å²) >= 11 is 0. The lowest BCUT2D eigenvalue weighted by atomic mass is 10.1. The number of likely N-dealkylation sites (N-methyl/N-ethyl adjacent to an activating group) is 1. The van der Waals surface area contributed by atoms with Crippen molar-refractivity contribution in [2.45, 2.75) is 38.6 Å². The molecule has 1 aliphatic heterocycles. The highest BCUT2D eigenvalue weighted by molar-refractivity contribution is 5.91. The van der Waals surface area contributed by atoms with Gasteiger partial charge in [-0.2, -0.15) is 0 Å². The third-order valence-corrected chi connectivity index (χ3v) is 3.70. The van der Waals surface area contributed by atoms with E-state index in [4.69, 9.17) is 0 Å². The van der Waals surface area contributed by atoms with Crippen molar-refractivity contribution in [3.05, 3.63) is 23.4 Å². The van der Waals surface area contributed by atoms with Crippen molar-refractivity contribution in [3.63, 3.8) is 0 Å². The molecule has 1 unspecified atom stereocenters. The van der Waals surface area contributed by atoms with Crippen LogP contribution in [0.25, 0.3) is 0 Å². The topological polar surface area (TPSA) is 53.0 Å². The molecule has 1 rings (SSSR count). The molecule has 1 aliphatic rings. The van der Waals surface area contributed by atoms with Crippen molar-refractivity contribution in [1.82, 2.24) is 9.80 Å². The van der Waals surface area contributed by atoms with E-state index in [1.54, 1.807) is 6.08 Å². The Bertz CT molecular complexity index is 487. The minimum atomic E-state index is -4.78. The van der Waals surface area contributed by atoms with Crippen LogP contribution in [-0.2, 0) is 9.53 Å². The van der Waals surface area contributed by atoms with Crippen LogP contribution in [0, 0.1) is 0 Å². The lowest BCUT2D eigenvalue weighted by Crippen LogP contribution is -2.38. The van der Waals surface area contributed by atoms with Gasteiger partial charge in [-0.05, 0) is 39.4 Å². The van der Waals surface area contributed by atoms with E-state index in [1.165, 1.54) is 0 Å². The van der Waals surface area contributed by atoms with Crippen molar-refractivity contribution in [1.29, 1.82) is 0 Å². The highest BCUT2D eigenvalue weighted by Crippen LogP contribution is 2.28. The normalized spacial score (nSPS) is 20.1. The van der Waals surface area contributed by atoms with Crippen LogP contribution >= 0.6 is 0 Å². The summed E-state index contributed by atoms with van der Waals surface area (Å²) in [4.78, 5) is 15.6. The predicted molar refractivity (Wildman–Crippen MR) is 84.4 cm³/mol. The van der Waals surface area contributed by atoms with E-state index in [0.29, 0.717) is 18.7 Å². The van der Waals surface area contributed by atoms with Crippen molar-refractivity contribution >= 4 is 5.97 Å². The summed E-state index contributed by atoms with van der Waals surface area (Å²) in [5.41, 5.74) is 0.326. The van der Waals surface area contributed by atoms with Gasteiger partial charge in [0.1, 0.15) is 0 Å². The van der Waals surface area contributed by atoms with Crippen molar-refractivity contribution in [2.24, 2.45) is 0 Å². The average molecular weight is 350 g/mol. The smallest absolute Gasteiger partial charge is 0.478 e. The van der Waals surface area contributed by atoms with Crippen LogP contribution < -0.4 is 0 Å². The molecule has 1 saturated heterocycles. The fraction of sp³-hybridized carbons (Fsp3) is 0.688. The fourth-order valence-corrected chi connectivity index (χ4v) is 2.86. The highest BCUT2D eigenvalue weighted by Gasteiger charge is 2.31. The molecule has 0 amide bonds. The number of alkyl halides is 3. The molecule has 0 aromatic heterocycles. The molecule has 24 heavy (non-hydrogen) atoms. The molecular formula is C16H25F3N2O3. The number of nitrogens with zero attached hydrogens (tertiary/aromatic N) is 2. The summed E-state index contributed by atoms with van der Waals surface area (Å²) < 4.78 is 40.1. The van der Waals surface area contributed by atoms with E-state index in [-0.39, 0.29) is 11.6 Å². The standard InChI is InChI=1S/C16H25F3N2O3/c1-4-6-14(21-9-5-7-12(21)11-20(2)3)13(15(22)23)8-10-24-16(17,18)19/h6,8,12H,4-5,7,9-11H2,1-3H3,(H,22,23)/b13-8+,14-6+. The SMILES string of the molecule is CC/C=C(\C(=C/COC(F)(F)F)C(=O)O)N1CCCC1CN(C)C. The number of rotatable bonds is 8. The van der Waals surface area contributed by atoms with Gasteiger partial charge < -0.3 is 14.9 Å². The van der Waals surface area contributed by atoms with Crippen LogP contribution in [0.4, 0.5) is 13.2 Å². The molecule has 8 heteroatoms. The van der Waals surface area contributed by atoms with Crippen LogP contribution in [0.5, 0.6) is 0 Å². The molecule has 1 heterocycles. The van der Waals surface area contributed by atoms with E-state index in [1.807, 2.05) is 30.8 Å². The number of hydrogen-bond donors (Lipinski definition) is 1. The van der Waals surface area contributed by atoms with Crippen molar-refractivity contribution in [2.75, 3.05) is 33.8 Å². The van der Waals surface area contributed by atoms with Gasteiger partial charge in [-0.3, -0.25) is 4.74 Å². The maximum absolute atomic E-state index is 12.1. The molecule has 138 valence electrons. The third kappa shape index (κ3) is 6.52. The van der Waals surface area contributed by atoms with E-state index >= 15 is 0 Å². The Morgan fingerprint density at radius 3 is 2.54 bits per heavy atom. The first kappa shape index (κ1) is 20.5. The van der Waals surface area contributed by atoms with E-state index in [2.05, 4.69) is 4.74 Å². The van der Waals surface area contributed by atoms with Gasteiger partial charge in [0.05, 0.1) is 12.2 Å². The Hall–Kier alpha value is -1.54. The van der Waals surface area contributed by atoms with Gasteiger partial charge in [0.2, 0.25) is 0 Å². The molecule has 0 bridgehead atoms. The zero-order valence-corrected chi connectivity index (χ0v) is 14.3. The molecule has 0 aromatic rings. The fourth-order valence-electron chi connectivity index (χ4n) is 2.86. The maximum atomic E-state index is 12.1. The Balaban J connectivity index is 3.03. The van der Waals surface area contributed by atoms with Crippen LogP contribution in [-0.4, -0.2) is 67.1 Å². The molecule has 1 N–H and O–H groups in total. The van der Waals surface area contributed by atoms with Gasteiger partial charge >= 0.3 is 12.3 Å². The summed E-state index contributed by atoms with van der Waals surface area (Å²) in [6.45, 7) is 2.49. The quantitative estimate of drug-likeness (QED) is 0.539. The number of carboxylic acids is 1. The first-order valence-electron chi connectivity index (χ1n) is 7.91. The van der Waals surface area contributed by atoms with Gasteiger partial charge in [0.15, 0.2) is 0 Å². The van der Waals surface area contributed by atoms with Gasteiger partial charge in [-0.1, -0.05) is 13.0 Å². The number of hydrogen-bond acceptors (Lipinski definition) is 4. The lowest BCUT2D eigenvalue weighted by Gasteiger charge is -2.31. The molecule has 0 saturated carbocycles. The molecule has 0 aromatic carbocycles. The van der Waals surface area contributed by atoms with Gasteiger partial charge in [-0.25, -0.2) is 4.79 Å². The van der Waals surface area contributed by atoms with Crippen LogP contribution in [0.15, 0.2) is 23.4 Å². The van der Waals surface area contributed by atoms with Crippen molar-refractivity contribution < 1.29 is 27.8 Å². The molecule has 1 fully saturated rings. The monoisotopic (exact) mass is 350 g/mol. The summed E-state index contributed by atoms with van der Waals surface area (Å²) in [7, 11) is 3.87. The number of halogens is 3. The first-order chi connectivity index (χ1) is 11.2. The van der Waals surface area contributed by atoms with Crippen LogP contribution in [0.2, 0.25) is 0 Å². The largest absolute Gasteiger partial charge is 0.522 e. The molecule has 0 aliphatic carbocycles. The second kappa shape index (κ2) is 9.08. The second-order valence-electron chi connectivity index (χ2n) is 5.93. The highest BCUT2D eigenvalue weighted by atomic mass is 19.4. The minimum absolute atomic E-state index is 0.143.